The molecule has 0 aromatic heterocycles. The molecule has 0 spiro atoms. The van der Waals surface area contributed by atoms with Crippen LogP contribution in [0.15, 0.2) is 18.2 Å². The Morgan fingerprint density at radius 2 is 1.88 bits per heavy atom. The van der Waals surface area contributed by atoms with E-state index in [1.54, 1.807) is 19.1 Å². The molecule has 1 aliphatic heterocycles. The van der Waals surface area contributed by atoms with Crippen LogP contribution in [-0.2, 0) is 4.74 Å². The van der Waals surface area contributed by atoms with Crippen LogP contribution in [0.3, 0.4) is 0 Å². The van der Waals surface area contributed by atoms with Gasteiger partial charge >= 0.3 is 5.97 Å². The van der Waals surface area contributed by atoms with Gasteiger partial charge < -0.3 is 29.9 Å². The summed E-state index contributed by atoms with van der Waals surface area (Å²) in [6, 6.07) is 2.90. The van der Waals surface area contributed by atoms with Gasteiger partial charge in [0.05, 0.1) is 25.4 Å². The summed E-state index contributed by atoms with van der Waals surface area (Å²) in [7, 11) is 1.44. The topological polar surface area (TPSA) is 116 Å². The van der Waals surface area contributed by atoms with Gasteiger partial charge in [0.2, 0.25) is 0 Å². The summed E-state index contributed by atoms with van der Waals surface area (Å²) < 4.78 is 10.5. The number of esters is 1. The van der Waals surface area contributed by atoms with E-state index >= 15 is 0 Å². The number of phenolic OH excluding ortho intramolecular Hbond substituents is 1. The van der Waals surface area contributed by atoms with Crippen molar-refractivity contribution in [2.75, 3.05) is 7.11 Å². The zero-order valence-corrected chi connectivity index (χ0v) is 15.0. The molecule has 0 fully saturated rings. The number of cyclic esters (lactones) is 1. The first-order valence-electron chi connectivity index (χ1n) is 8.66. The van der Waals surface area contributed by atoms with Crippen LogP contribution in [0.1, 0.15) is 48.5 Å². The highest BCUT2D eigenvalue weighted by atomic mass is 16.5. The minimum atomic E-state index is -1.27. The molecule has 0 bridgehead atoms. The molecule has 1 aliphatic rings. The molecular formula is C19H26O7. The lowest BCUT2D eigenvalue weighted by molar-refractivity contribution is -0.0613. The van der Waals surface area contributed by atoms with Crippen molar-refractivity contribution in [1.29, 1.82) is 0 Å². The maximum atomic E-state index is 12.5. The van der Waals surface area contributed by atoms with Gasteiger partial charge in [-0.2, -0.15) is 0 Å². The lowest BCUT2D eigenvalue weighted by Gasteiger charge is -2.23. The number of aromatic hydroxyl groups is 1. The normalized spacial score (nSPS) is 29.2. The standard InChI is InChI=1S/C19H26O7/c1-11-5-3-7-14(20)18(23)15(21)8-4-6-12-9-13(25-2)10-16(22)17(12)19(24)26-11/h4,6,9-11,14-15,18,20-23H,3,5,7-8H2,1-2H3/b6-4+. The third kappa shape index (κ3) is 4.97. The number of aliphatic hydroxyl groups is 3. The van der Waals surface area contributed by atoms with Crippen molar-refractivity contribution in [1.82, 2.24) is 0 Å². The highest BCUT2D eigenvalue weighted by Crippen LogP contribution is 2.30. The van der Waals surface area contributed by atoms with Crippen LogP contribution in [0.25, 0.3) is 6.08 Å². The first-order valence-corrected chi connectivity index (χ1v) is 8.66. The molecule has 4 atom stereocenters. The Labute approximate surface area is 152 Å². The Morgan fingerprint density at radius 1 is 1.15 bits per heavy atom. The largest absolute Gasteiger partial charge is 0.507 e. The highest BCUT2D eigenvalue weighted by Gasteiger charge is 2.25. The van der Waals surface area contributed by atoms with Crippen LogP contribution < -0.4 is 4.74 Å². The summed E-state index contributed by atoms with van der Waals surface area (Å²) in [6.07, 6.45) is 0.542. The highest BCUT2D eigenvalue weighted by molar-refractivity contribution is 5.97. The van der Waals surface area contributed by atoms with Gasteiger partial charge in [-0.05, 0) is 44.2 Å². The van der Waals surface area contributed by atoms with Gasteiger partial charge in [0, 0.05) is 6.07 Å². The zero-order chi connectivity index (χ0) is 19.3. The number of methoxy groups -OCH3 is 1. The number of fused-ring (bicyclic) bond motifs is 1. The Bertz CT molecular complexity index is 656. The average molecular weight is 366 g/mol. The predicted molar refractivity (Wildman–Crippen MR) is 95.1 cm³/mol. The van der Waals surface area contributed by atoms with Crippen LogP contribution >= 0.6 is 0 Å². The second kappa shape index (κ2) is 9.02. The van der Waals surface area contributed by atoms with Crippen molar-refractivity contribution in [3.05, 3.63) is 29.3 Å². The molecule has 0 saturated heterocycles. The smallest absolute Gasteiger partial charge is 0.342 e. The lowest BCUT2D eigenvalue weighted by atomic mass is 9.98. The van der Waals surface area contributed by atoms with Crippen molar-refractivity contribution in [3.63, 3.8) is 0 Å². The van der Waals surface area contributed by atoms with Crippen LogP contribution in [0.4, 0.5) is 0 Å². The summed E-state index contributed by atoms with van der Waals surface area (Å²) in [5.41, 5.74) is 0.388. The number of aliphatic hydroxyl groups excluding tert-OH is 3. The fraction of sp³-hybridized carbons (Fsp3) is 0.526. The van der Waals surface area contributed by atoms with E-state index in [1.165, 1.54) is 19.3 Å². The average Bonchev–Trinajstić information content (AvgIpc) is 2.59. The molecule has 0 saturated carbocycles. The van der Waals surface area contributed by atoms with Crippen molar-refractivity contribution in [2.24, 2.45) is 0 Å². The fourth-order valence-corrected chi connectivity index (χ4v) is 2.91. The first kappa shape index (κ1) is 20.2. The number of rotatable bonds is 1. The van der Waals surface area contributed by atoms with E-state index in [9.17, 15) is 25.2 Å². The van der Waals surface area contributed by atoms with Gasteiger partial charge in [0.25, 0.3) is 0 Å². The fourth-order valence-electron chi connectivity index (χ4n) is 2.91. The second-order valence-corrected chi connectivity index (χ2v) is 6.52. The third-order valence-corrected chi connectivity index (χ3v) is 4.44. The minimum Gasteiger partial charge on any atom is -0.507 e. The molecule has 4 unspecified atom stereocenters. The predicted octanol–water partition coefficient (Wildman–Crippen LogP) is 1.62. The maximum absolute atomic E-state index is 12.5. The Kier molecular flexibility index (Phi) is 7.02. The third-order valence-electron chi connectivity index (χ3n) is 4.44. The van der Waals surface area contributed by atoms with Gasteiger partial charge in [-0.25, -0.2) is 4.79 Å². The molecule has 7 heteroatoms. The van der Waals surface area contributed by atoms with E-state index in [0.29, 0.717) is 24.2 Å². The van der Waals surface area contributed by atoms with Crippen LogP contribution in [-0.4, -0.2) is 57.9 Å². The molecule has 1 heterocycles. The number of benzene rings is 1. The van der Waals surface area contributed by atoms with Crippen molar-refractivity contribution >= 4 is 12.0 Å². The molecule has 1 aromatic carbocycles. The van der Waals surface area contributed by atoms with Gasteiger partial charge in [0.15, 0.2) is 0 Å². The van der Waals surface area contributed by atoms with Gasteiger partial charge in [-0.1, -0.05) is 12.2 Å². The number of ether oxygens (including phenoxy) is 2. The molecule has 2 rings (SSSR count). The van der Waals surface area contributed by atoms with Crippen LogP contribution in [0.2, 0.25) is 0 Å². The molecule has 4 N–H and O–H groups in total. The molecule has 0 aliphatic carbocycles. The number of phenols is 1. The monoisotopic (exact) mass is 366 g/mol. The Morgan fingerprint density at radius 3 is 2.58 bits per heavy atom. The van der Waals surface area contributed by atoms with E-state index in [4.69, 9.17) is 9.47 Å². The molecule has 26 heavy (non-hydrogen) atoms. The molecule has 144 valence electrons. The zero-order valence-electron chi connectivity index (χ0n) is 15.0. The van der Waals surface area contributed by atoms with Gasteiger partial charge in [-0.15, -0.1) is 0 Å². The van der Waals surface area contributed by atoms with Crippen molar-refractivity contribution < 1.29 is 34.7 Å². The second-order valence-electron chi connectivity index (χ2n) is 6.52. The van der Waals surface area contributed by atoms with E-state index in [2.05, 4.69) is 0 Å². The molecular weight excluding hydrogens is 340 g/mol. The van der Waals surface area contributed by atoms with Crippen LogP contribution in [0, 0.1) is 0 Å². The van der Waals surface area contributed by atoms with E-state index in [0.717, 1.165) is 0 Å². The number of hydrogen-bond donors (Lipinski definition) is 4. The Balaban J connectivity index is 2.40. The number of carbonyl (C=O) groups excluding carboxylic acids is 1. The van der Waals surface area contributed by atoms with E-state index in [1.807, 2.05) is 0 Å². The van der Waals surface area contributed by atoms with E-state index in [-0.39, 0.29) is 24.2 Å². The number of carbonyl (C=O) groups is 1. The molecule has 1 aromatic rings. The minimum absolute atomic E-state index is 0.0148. The summed E-state index contributed by atoms with van der Waals surface area (Å²) in [6.45, 7) is 1.72. The SMILES string of the molecule is COc1cc(O)c2c(c1)/C=C/CC(O)C(O)C(O)CCCC(C)OC2=O. The summed E-state index contributed by atoms with van der Waals surface area (Å²) in [5, 5.41) is 40.2. The van der Waals surface area contributed by atoms with Crippen molar-refractivity contribution in [3.8, 4) is 11.5 Å². The number of hydrogen-bond acceptors (Lipinski definition) is 7. The molecule has 7 nitrogen and oxygen atoms in total. The quantitative estimate of drug-likeness (QED) is 0.558. The summed E-state index contributed by atoms with van der Waals surface area (Å²) in [5.74, 6) is -0.552. The Hall–Kier alpha value is -2.09. The van der Waals surface area contributed by atoms with Crippen LogP contribution in [0.5, 0.6) is 11.5 Å². The maximum Gasteiger partial charge on any atom is 0.342 e. The van der Waals surface area contributed by atoms with Gasteiger partial charge in [-0.3, -0.25) is 0 Å². The van der Waals surface area contributed by atoms with Gasteiger partial charge in [0.1, 0.15) is 23.2 Å². The van der Waals surface area contributed by atoms with Crippen molar-refractivity contribution in [2.45, 2.75) is 57.0 Å². The first-order chi connectivity index (χ1) is 12.3. The lowest BCUT2D eigenvalue weighted by Crippen LogP contribution is -2.37. The summed E-state index contributed by atoms with van der Waals surface area (Å²) in [4.78, 5) is 12.5. The molecule has 0 radical (unpaired) electrons. The molecule has 0 amide bonds. The summed E-state index contributed by atoms with van der Waals surface area (Å²) >= 11 is 0. The van der Waals surface area contributed by atoms with E-state index < -0.39 is 30.4 Å².